The summed E-state index contributed by atoms with van der Waals surface area (Å²) < 4.78 is 8.39. The zero-order valence-electron chi connectivity index (χ0n) is 16.5. The number of pyridine rings is 1. The van der Waals surface area contributed by atoms with Crippen molar-refractivity contribution in [1.29, 1.82) is 0 Å². The normalized spacial score (nSPS) is 11.4. The predicted octanol–water partition coefficient (Wildman–Crippen LogP) is 5.65. The Bertz CT molecular complexity index is 1160. The lowest BCUT2D eigenvalue weighted by molar-refractivity contribution is 0.302. The molecule has 0 fully saturated rings. The third-order valence-corrected chi connectivity index (χ3v) is 5.79. The Morgan fingerprint density at radius 1 is 1.14 bits per heavy atom. The average Bonchev–Trinajstić information content (AvgIpc) is 2.98. The molecule has 0 atom stereocenters. The van der Waals surface area contributed by atoms with Crippen molar-refractivity contribution in [2.75, 3.05) is 20.2 Å². The van der Waals surface area contributed by atoms with Crippen molar-refractivity contribution in [2.45, 2.75) is 19.9 Å². The second kappa shape index (κ2) is 8.62. The number of hydrogen-bond donors (Lipinski definition) is 1. The monoisotopic (exact) mass is 427 g/mol. The third kappa shape index (κ3) is 3.93. The van der Waals surface area contributed by atoms with Crippen LogP contribution >= 0.6 is 23.2 Å². The molecule has 29 heavy (non-hydrogen) atoms. The van der Waals surface area contributed by atoms with Gasteiger partial charge in [0, 0.05) is 27.7 Å². The van der Waals surface area contributed by atoms with E-state index >= 15 is 0 Å². The number of rotatable bonds is 7. The predicted molar refractivity (Wildman–Crippen MR) is 122 cm³/mol. The highest BCUT2D eigenvalue weighted by molar-refractivity contribution is 6.38. The van der Waals surface area contributed by atoms with E-state index in [0.29, 0.717) is 23.2 Å². The van der Waals surface area contributed by atoms with Crippen LogP contribution in [0, 0.1) is 6.92 Å². The summed E-state index contributed by atoms with van der Waals surface area (Å²) in [6, 6.07) is 13.7. The number of ether oxygens (including phenoxy) is 1. The lowest BCUT2D eigenvalue weighted by Gasteiger charge is -2.12. The van der Waals surface area contributed by atoms with E-state index in [2.05, 4.69) is 21.8 Å². The van der Waals surface area contributed by atoms with Crippen molar-refractivity contribution in [2.24, 2.45) is 0 Å². The Balaban J connectivity index is 1.64. The third-order valence-electron chi connectivity index (χ3n) is 5.27. The van der Waals surface area contributed by atoms with Crippen LogP contribution in [0.5, 0.6) is 5.75 Å². The van der Waals surface area contributed by atoms with E-state index in [1.165, 1.54) is 11.3 Å². The first kappa shape index (κ1) is 20.0. The lowest BCUT2D eigenvalue weighted by Crippen LogP contribution is -2.12. The molecular formula is C23H23Cl2N3O. The molecule has 4 nitrogen and oxygen atoms in total. The summed E-state index contributed by atoms with van der Waals surface area (Å²) in [5.74, 6) is 0.844. The maximum absolute atomic E-state index is 6.57. The molecule has 2 heterocycles. The van der Waals surface area contributed by atoms with Crippen molar-refractivity contribution < 1.29 is 4.74 Å². The fourth-order valence-electron chi connectivity index (χ4n) is 3.89. The van der Waals surface area contributed by atoms with Crippen LogP contribution in [0.15, 0.2) is 48.7 Å². The van der Waals surface area contributed by atoms with Gasteiger partial charge in [0.15, 0.2) is 0 Å². The quantitative estimate of drug-likeness (QED) is 0.414. The largest absolute Gasteiger partial charge is 0.491 e. The molecule has 0 radical (unpaired) electrons. The van der Waals surface area contributed by atoms with E-state index in [-0.39, 0.29) is 0 Å². The molecule has 0 saturated heterocycles. The van der Waals surface area contributed by atoms with Gasteiger partial charge in [-0.25, -0.2) is 0 Å². The van der Waals surface area contributed by atoms with Crippen LogP contribution in [-0.2, 0) is 13.0 Å². The lowest BCUT2D eigenvalue weighted by atomic mass is 10.1. The Kier molecular flexibility index (Phi) is 5.95. The highest BCUT2D eigenvalue weighted by Gasteiger charge is 2.17. The van der Waals surface area contributed by atoms with Gasteiger partial charge < -0.3 is 14.6 Å². The number of benzene rings is 2. The summed E-state index contributed by atoms with van der Waals surface area (Å²) in [7, 11) is 1.96. The molecule has 0 amide bonds. The van der Waals surface area contributed by atoms with Gasteiger partial charge in [0.1, 0.15) is 12.4 Å². The molecule has 6 heteroatoms. The summed E-state index contributed by atoms with van der Waals surface area (Å²) in [6.45, 7) is 4.26. The first-order valence-corrected chi connectivity index (χ1v) is 10.4. The molecule has 150 valence electrons. The van der Waals surface area contributed by atoms with Gasteiger partial charge in [0.2, 0.25) is 0 Å². The molecule has 2 aromatic heterocycles. The Hall–Kier alpha value is -2.27. The fraction of sp³-hybridized carbons (Fsp3) is 0.261. The minimum absolute atomic E-state index is 0.536. The first-order valence-electron chi connectivity index (χ1n) is 9.68. The number of nitrogens with one attached hydrogen (secondary N) is 1. The summed E-state index contributed by atoms with van der Waals surface area (Å²) in [4.78, 5) is 4.39. The van der Waals surface area contributed by atoms with E-state index in [9.17, 15) is 0 Å². The summed E-state index contributed by atoms with van der Waals surface area (Å²) in [5.41, 5.74) is 4.43. The number of likely N-dealkylation sites (N-methyl/N-ethyl adjacent to an activating group) is 1. The summed E-state index contributed by atoms with van der Waals surface area (Å²) in [5, 5.41) is 6.66. The van der Waals surface area contributed by atoms with E-state index in [1.807, 2.05) is 49.5 Å². The van der Waals surface area contributed by atoms with Crippen molar-refractivity contribution in [3.8, 4) is 5.75 Å². The molecule has 4 rings (SSSR count). The highest BCUT2D eigenvalue weighted by atomic mass is 35.5. The number of nitrogens with zero attached hydrogens (tertiary/aromatic N) is 2. The van der Waals surface area contributed by atoms with Crippen LogP contribution in [0.2, 0.25) is 10.0 Å². The van der Waals surface area contributed by atoms with E-state index < -0.39 is 0 Å². The Morgan fingerprint density at radius 2 is 2.00 bits per heavy atom. The molecule has 0 aliphatic heterocycles. The number of hydrogen-bond acceptors (Lipinski definition) is 3. The molecule has 0 saturated carbocycles. The molecule has 0 spiro atoms. The Morgan fingerprint density at radius 3 is 2.83 bits per heavy atom. The van der Waals surface area contributed by atoms with Crippen LogP contribution in [0.25, 0.3) is 21.8 Å². The van der Waals surface area contributed by atoms with E-state index in [1.54, 1.807) is 6.20 Å². The molecule has 0 aliphatic rings. The number of aromatic nitrogens is 2. The second-order valence-electron chi connectivity index (χ2n) is 7.03. The van der Waals surface area contributed by atoms with Crippen LogP contribution in [-0.4, -0.2) is 29.8 Å². The molecule has 0 bridgehead atoms. The minimum Gasteiger partial charge on any atom is -0.491 e. The van der Waals surface area contributed by atoms with Gasteiger partial charge in [-0.15, -0.1) is 0 Å². The van der Waals surface area contributed by atoms with E-state index in [4.69, 9.17) is 27.9 Å². The average molecular weight is 428 g/mol. The van der Waals surface area contributed by atoms with Gasteiger partial charge in [0.05, 0.1) is 22.6 Å². The maximum Gasteiger partial charge on any atom is 0.128 e. The molecule has 2 aromatic carbocycles. The Labute approximate surface area is 180 Å². The first-order chi connectivity index (χ1) is 14.1. The van der Waals surface area contributed by atoms with Gasteiger partial charge in [-0.2, -0.15) is 0 Å². The topological polar surface area (TPSA) is 39.1 Å². The molecule has 0 unspecified atom stereocenters. The zero-order chi connectivity index (χ0) is 20.4. The second-order valence-corrected chi connectivity index (χ2v) is 7.87. The van der Waals surface area contributed by atoms with Crippen molar-refractivity contribution >= 4 is 45.0 Å². The van der Waals surface area contributed by atoms with Gasteiger partial charge in [-0.05, 0) is 68.9 Å². The molecule has 1 N–H and O–H groups in total. The van der Waals surface area contributed by atoms with Gasteiger partial charge >= 0.3 is 0 Å². The number of halogens is 2. The summed E-state index contributed by atoms with van der Waals surface area (Å²) >= 11 is 12.9. The van der Waals surface area contributed by atoms with Crippen LogP contribution in [0.1, 0.15) is 11.3 Å². The van der Waals surface area contributed by atoms with Crippen LogP contribution in [0.3, 0.4) is 0 Å². The van der Waals surface area contributed by atoms with Crippen molar-refractivity contribution in [3.05, 3.63) is 70.0 Å². The van der Waals surface area contributed by atoms with Crippen molar-refractivity contribution in [1.82, 2.24) is 14.9 Å². The van der Waals surface area contributed by atoms with Crippen LogP contribution < -0.4 is 10.1 Å². The standard InChI is InChI=1S/C23H23Cl2N3O/c1-15-17(8-10-26-2)23-19(25)13-16(24)14-21(23)28(15)11-12-29-22-7-3-6-20-18(22)5-4-9-27-20/h3-7,9,13-14,26H,8,10-12H2,1-2H3. The molecule has 0 aliphatic carbocycles. The van der Waals surface area contributed by atoms with Crippen LogP contribution in [0.4, 0.5) is 0 Å². The summed E-state index contributed by atoms with van der Waals surface area (Å²) in [6.07, 6.45) is 2.70. The molecule has 4 aromatic rings. The number of fused-ring (bicyclic) bond motifs is 2. The SMILES string of the molecule is CNCCc1c(C)n(CCOc2cccc3ncccc23)c2cc(Cl)cc(Cl)c12. The smallest absolute Gasteiger partial charge is 0.128 e. The molecular weight excluding hydrogens is 405 g/mol. The fourth-order valence-corrected chi connectivity index (χ4v) is 4.48. The van der Waals surface area contributed by atoms with E-state index in [0.717, 1.165) is 40.5 Å². The zero-order valence-corrected chi connectivity index (χ0v) is 18.0. The van der Waals surface area contributed by atoms with Crippen molar-refractivity contribution in [3.63, 3.8) is 0 Å². The highest BCUT2D eigenvalue weighted by Crippen LogP contribution is 2.35. The van der Waals surface area contributed by atoms with Gasteiger partial charge in [0.25, 0.3) is 0 Å². The maximum atomic E-state index is 6.57. The minimum atomic E-state index is 0.536. The van der Waals surface area contributed by atoms with Gasteiger partial charge in [-0.3, -0.25) is 4.98 Å². The van der Waals surface area contributed by atoms with Gasteiger partial charge in [-0.1, -0.05) is 29.3 Å².